The van der Waals surface area contributed by atoms with Crippen LogP contribution in [0.5, 0.6) is 0 Å². The third-order valence-corrected chi connectivity index (χ3v) is 3.77. The van der Waals surface area contributed by atoms with Crippen molar-refractivity contribution in [2.75, 3.05) is 0 Å². The molecule has 0 saturated heterocycles. The summed E-state index contributed by atoms with van der Waals surface area (Å²) in [5.74, 6) is -1.28. The maximum Gasteiger partial charge on any atom is 0.441 e. The van der Waals surface area contributed by atoms with E-state index in [1.54, 1.807) is 18.2 Å². The first kappa shape index (κ1) is 15.4. The summed E-state index contributed by atoms with van der Waals surface area (Å²) in [6, 6.07) is 10.0. The number of hydrogen-bond donors (Lipinski definition) is 0. The zero-order valence-corrected chi connectivity index (χ0v) is 12.6. The van der Waals surface area contributed by atoms with E-state index in [0.717, 1.165) is 0 Å². The third kappa shape index (κ3) is 3.32. The predicted molar refractivity (Wildman–Crippen MR) is 80.5 cm³/mol. The lowest BCUT2D eigenvalue weighted by molar-refractivity contribution is 0.375. The van der Waals surface area contributed by atoms with E-state index in [2.05, 4.69) is 9.68 Å². The number of aromatic nitrogens is 2. The maximum atomic E-state index is 13.9. The van der Waals surface area contributed by atoms with Gasteiger partial charge in [-0.1, -0.05) is 35.0 Å². The van der Waals surface area contributed by atoms with Crippen LogP contribution in [0.2, 0.25) is 5.02 Å². The Hall–Kier alpha value is -2.47. The van der Waals surface area contributed by atoms with Crippen molar-refractivity contribution >= 4 is 11.6 Å². The summed E-state index contributed by atoms with van der Waals surface area (Å²) in [7, 11) is 0. The number of hydrogen-bond acceptors (Lipinski definition) is 3. The van der Waals surface area contributed by atoms with Crippen LogP contribution in [0.15, 0.2) is 51.8 Å². The first-order chi connectivity index (χ1) is 11.0. The van der Waals surface area contributed by atoms with Gasteiger partial charge in [0.05, 0.1) is 6.54 Å². The Labute approximate surface area is 134 Å². The van der Waals surface area contributed by atoms with Gasteiger partial charge in [-0.05, 0) is 29.8 Å². The summed E-state index contributed by atoms with van der Waals surface area (Å²) in [6.07, 6.45) is 0.0123. The van der Waals surface area contributed by atoms with Gasteiger partial charge in [-0.3, -0.25) is 9.09 Å². The van der Waals surface area contributed by atoms with E-state index in [-0.39, 0.29) is 35.2 Å². The maximum absolute atomic E-state index is 13.9. The lowest BCUT2D eigenvalue weighted by Gasteiger charge is -2.07. The van der Waals surface area contributed by atoms with Crippen molar-refractivity contribution in [3.05, 3.63) is 86.6 Å². The van der Waals surface area contributed by atoms with Crippen molar-refractivity contribution in [2.24, 2.45) is 0 Å². The van der Waals surface area contributed by atoms with Crippen LogP contribution < -0.4 is 5.76 Å². The second-order valence-electron chi connectivity index (χ2n) is 4.95. The highest BCUT2D eigenvalue weighted by Gasteiger charge is 2.16. The molecule has 3 aromatic rings. The SMILES string of the molecule is O=c1onc(Cc2c(F)cccc2Cl)n1Cc1ccc(F)cc1. The first-order valence-corrected chi connectivity index (χ1v) is 7.15. The van der Waals surface area contributed by atoms with Gasteiger partial charge in [0.25, 0.3) is 0 Å². The van der Waals surface area contributed by atoms with Gasteiger partial charge in [0.2, 0.25) is 0 Å². The molecule has 2 aromatic carbocycles. The predicted octanol–water partition coefficient (Wildman–Crippen LogP) is 3.41. The molecule has 0 aliphatic heterocycles. The molecule has 0 fully saturated rings. The molecule has 0 radical (unpaired) electrons. The number of benzene rings is 2. The van der Waals surface area contributed by atoms with E-state index in [9.17, 15) is 13.6 Å². The first-order valence-electron chi connectivity index (χ1n) is 6.77. The minimum absolute atomic E-state index is 0.0123. The van der Waals surface area contributed by atoms with Crippen LogP contribution in [-0.4, -0.2) is 9.72 Å². The highest BCUT2D eigenvalue weighted by Crippen LogP contribution is 2.21. The molecule has 7 heteroatoms. The van der Waals surface area contributed by atoms with Gasteiger partial charge in [0, 0.05) is 17.0 Å². The summed E-state index contributed by atoms with van der Waals surface area (Å²) in [4.78, 5) is 11.8. The zero-order valence-electron chi connectivity index (χ0n) is 11.8. The quantitative estimate of drug-likeness (QED) is 0.733. The molecular weight excluding hydrogens is 326 g/mol. The van der Waals surface area contributed by atoms with Gasteiger partial charge in [0.1, 0.15) is 11.6 Å². The van der Waals surface area contributed by atoms with Crippen molar-refractivity contribution in [2.45, 2.75) is 13.0 Å². The van der Waals surface area contributed by atoms with E-state index in [1.165, 1.54) is 28.8 Å². The Morgan fingerprint density at radius 1 is 1.13 bits per heavy atom. The molecule has 0 bridgehead atoms. The number of nitrogens with zero attached hydrogens (tertiary/aromatic N) is 2. The fourth-order valence-electron chi connectivity index (χ4n) is 2.21. The average molecular weight is 337 g/mol. The smallest absolute Gasteiger partial charge is 0.296 e. The third-order valence-electron chi connectivity index (χ3n) is 3.41. The lowest BCUT2D eigenvalue weighted by Crippen LogP contribution is -2.18. The Morgan fingerprint density at radius 2 is 1.87 bits per heavy atom. The summed E-state index contributed by atoms with van der Waals surface area (Å²) in [5, 5.41) is 3.93. The molecule has 0 spiro atoms. The van der Waals surface area contributed by atoms with Gasteiger partial charge < -0.3 is 0 Å². The van der Waals surface area contributed by atoms with Crippen molar-refractivity contribution in [3.63, 3.8) is 0 Å². The molecule has 0 N–H and O–H groups in total. The molecule has 0 aliphatic rings. The van der Waals surface area contributed by atoms with Crippen LogP contribution in [0.25, 0.3) is 0 Å². The van der Waals surface area contributed by atoms with E-state index < -0.39 is 11.6 Å². The molecule has 0 aliphatic carbocycles. The second-order valence-corrected chi connectivity index (χ2v) is 5.36. The molecule has 23 heavy (non-hydrogen) atoms. The lowest BCUT2D eigenvalue weighted by atomic mass is 10.1. The van der Waals surface area contributed by atoms with E-state index in [0.29, 0.717) is 5.56 Å². The summed E-state index contributed by atoms with van der Waals surface area (Å²) in [5.41, 5.74) is 0.924. The average Bonchev–Trinajstić information content (AvgIpc) is 2.86. The van der Waals surface area contributed by atoms with E-state index in [1.807, 2.05) is 0 Å². The molecule has 118 valence electrons. The van der Waals surface area contributed by atoms with E-state index >= 15 is 0 Å². The topological polar surface area (TPSA) is 48.0 Å². The van der Waals surface area contributed by atoms with Gasteiger partial charge >= 0.3 is 5.76 Å². The fraction of sp³-hybridized carbons (Fsp3) is 0.125. The summed E-state index contributed by atoms with van der Waals surface area (Å²) >= 11 is 5.99. The largest absolute Gasteiger partial charge is 0.441 e. The van der Waals surface area contributed by atoms with Crippen molar-refractivity contribution in [1.82, 2.24) is 9.72 Å². The molecule has 0 atom stereocenters. The van der Waals surface area contributed by atoms with Crippen LogP contribution in [0, 0.1) is 11.6 Å². The molecular formula is C16H11ClF2N2O2. The molecule has 0 saturated carbocycles. The van der Waals surface area contributed by atoms with Gasteiger partial charge in [0.15, 0.2) is 5.82 Å². The molecule has 0 unspecified atom stereocenters. The van der Waals surface area contributed by atoms with Crippen molar-refractivity contribution in [3.8, 4) is 0 Å². The van der Waals surface area contributed by atoms with Gasteiger partial charge in [-0.2, -0.15) is 0 Å². The summed E-state index contributed by atoms with van der Waals surface area (Å²) in [6.45, 7) is 0.143. The summed E-state index contributed by atoms with van der Waals surface area (Å²) < 4.78 is 32.7. The van der Waals surface area contributed by atoms with Crippen LogP contribution in [-0.2, 0) is 13.0 Å². The Morgan fingerprint density at radius 3 is 2.57 bits per heavy atom. The normalized spacial score (nSPS) is 10.9. The van der Waals surface area contributed by atoms with Crippen LogP contribution >= 0.6 is 11.6 Å². The molecule has 0 amide bonds. The fourth-order valence-corrected chi connectivity index (χ4v) is 2.44. The van der Waals surface area contributed by atoms with Crippen LogP contribution in [0.3, 0.4) is 0 Å². The van der Waals surface area contributed by atoms with Crippen molar-refractivity contribution < 1.29 is 13.3 Å². The minimum atomic E-state index is -0.670. The molecule has 3 rings (SSSR count). The highest BCUT2D eigenvalue weighted by molar-refractivity contribution is 6.31. The van der Waals surface area contributed by atoms with E-state index in [4.69, 9.17) is 11.6 Å². The monoisotopic (exact) mass is 336 g/mol. The van der Waals surface area contributed by atoms with Crippen LogP contribution in [0.4, 0.5) is 8.78 Å². The highest BCUT2D eigenvalue weighted by atomic mass is 35.5. The Balaban J connectivity index is 1.93. The Kier molecular flexibility index (Phi) is 4.25. The number of halogens is 3. The van der Waals surface area contributed by atoms with Gasteiger partial charge in [-0.15, -0.1) is 0 Å². The minimum Gasteiger partial charge on any atom is -0.296 e. The molecule has 1 heterocycles. The van der Waals surface area contributed by atoms with Crippen molar-refractivity contribution in [1.29, 1.82) is 0 Å². The zero-order chi connectivity index (χ0) is 16.4. The number of rotatable bonds is 4. The van der Waals surface area contributed by atoms with Crippen LogP contribution in [0.1, 0.15) is 17.0 Å². The second kappa shape index (κ2) is 6.34. The Bertz CT molecular complexity index is 868. The molecule has 1 aromatic heterocycles. The standard InChI is InChI=1S/C16H11ClF2N2O2/c17-13-2-1-3-14(19)12(13)8-15-20-23-16(22)21(15)9-10-4-6-11(18)7-5-10/h1-7H,8-9H2. The van der Waals surface area contributed by atoms with Gasteiger partial charge in [-0.25, -0.2) is 13.6 Å². The molecule has 4 nitrogen and oxygen atoms in total.